The number of benzene rings is 1. The number of nitrogens with zero attached hydrogens (tertiary/aromatic N) is 3. The van der Waals surface area contributed by atoms with Crippen LogP contribution < -0.4 is 4.90 Å². The maximum atomic E-state index is 13.5. The fourth-order valence-electron chi connectivity index (χ4n) is 4.00. The van der Waals surface area contributed by atoms with Gasteiger partial charge in [0.15, 0.2) is 0 Å². The quantitative estimate of drug-likeness (QED) is 0.605. The highest BCUT2D eigenvalue weighted by Gasteiger charge is 2.34. The molecule has 0 N–H and O–H groups in total. The van der Waals surface area contributed by atoms with Crippen molar-refractivity contribution in [1.82, 2.24) is 10.1 Å². The number of aromatic nitrogens is 2. The average Bonchev–Trinajstić information content (AvgIpc) is 3.48. The van der Waals surface area contributed by atoms with Gasteiger partial charge in [-0.05, 0) is 62.4 Å². The number of pyridine rings is 1. The maximum absolute atomic E-state index is 13.5. The molecule has 1 aromatic carbocycles. The van der Waals surface area contributed by atoms with Crippen LogP contribution in [0.3, 0.4) is 0 Å². The second-order valence-electron chi connectivity index (χ2n) is 7.72. The van der Waals surface area contributed by atoms with Crippen LogP contribution in [0.15, 0.2) is 28.8 Å². The van der Waals surface area contributed by atoms with Crippen molar-refractivity contribution in [1.29, 1.82) is 0 Å². The van der Waals surface area contributed by atoms with E-state index in [1.165, 1.54) is 6.07 Å². The van der Waals surface area contributed by atoms with Gasteiger partial charge in [0, 0.05) is 23.8 Å². The fourth-order valence-corrected chi connectivity index (χ4v) is 4.00. The van der Waals surface area contributed by atoms with Gasteiger partial charge in [-0.2, -0.15) is 13.2 Å². The van der Waals surface area contributed by atoms with Crippen molar-refractivity contribution in [3.8, 4) is 0 Å². The van der Waals surface area contributed by atoms with E-state index < -0.39 is 11.7 Å². The minimum atomic E-state index is -4.41. The van der Waals surface area contributed by atoms with E-state index in [2.05, 4.69) is 10.1 Å². The third-order valence-corrected chi connectivity index (χ3v) is 5.63. The summed E-state index contributed by atoms with van der Waals surface area (Å²) >= 11 is 0. The summed E-state index contributed by atoms with van der Waals surface area (Å²) in [6.07, 6.45) is -1.25. The molecule has 150 valence electrons. The van der Waals surface area contributed by atoms with Crippen molar-refractivity contribution in [3.05, 3.63) is 52.3 Å². The van der Waals surface area contributed by atoms with Gasteiger partial charge in [-0.3, -0.25) is 4.79 Å². The lowest BCUT2D eigenvalue weighted by Gasteiger charge is -2.30. The molecule has 8 heteroatoms. The zero-order chi connectivity index (χ0) is 20.3. The molecule has 0 atom stereocenters. The standard InChI is InChI=1S/C21H18F3N3O2/c1-11-18-15(10-16(12-4-5-12)25-19(18)29-26-11)20(28)27-8-2-3-13-9-14(21(22,23)24)6-7-17(13)27/h6-7,9-10,12H,2-5,8H2,1H3. The van der Waals surface area contributed by atoms with Gasteiger partial charge >= 0.3 is 6.18 Å². The second kappa shape index (κ2) is 6.30. The van der Waals surface area contributed by atoms with Crippen molar-refractivity contribution in [3.63, 3.8) is 0 Å². The third kappa shape index (κ3) is 3.07. The van der Waals surface area contributed by atoms with E-state index in [4.69, 9.17) is 4.52 Å². The number of rotatable bonds is 2. The Morgan fingerprint density at radius 2 is 2.03 bits per heavy atom. The van der Waals surface area contributed by atoms with Crippen molar-refractivity contribution in [2.45, 2.75) is 44.7 Å². The van der Waals surface area contributed by atoms with E-state index in [9.17, 15) is 18.0 Å². The largest absolute Gasteiger partial charge is 0.416 e. The lowest BCUT2D eigenvalue weighted by Crippen LogP contribution is -2.36. The van der Waals surface area contributed by atoms with E-state index in [1.54, 1.807) is 17.9 Å². The molecule has 3 aromatic rings. The summed E-state index contributed by atoms with van der Waals surface area (Å²) in [6, 6.07) is 5.38. The molecule has 0 spiro atoms. The van der Waals surface area contributed by atoms with Crippen LogP contribution in [0, 0.1) is 6.92 Å². The van der Waals surface area contributed by atoms with E-state index in [0.717, 1.165) is 30.7 Å². The molecule has 2 aromatic heterocycles. The van der Waals surface area contributed by atoms with E-state index in [1.807, 2.05) is 0 Å². The molecule has 0 unspecified atom stereocenters. The molecule has 29 heavy (non-hydrogen) atoms. The highest BCUT2D eigenvalue weighted by atomic mass is 19.4. The van der Waals surface area contributed by atoms with Crippen molar-refractivity contribution in [2.75, 3.05) is 11.4 Å². The van der Waals surface area contributed by atoms with Gasteiger partial charge in [0.05, 0.1) is 22.2 Å². The van der Waals surface area contributed by atoms with Crippen molar-refractivity contribution >= 4 is 22.7 Å². The summed E-state index contributed by atoms with van der Waals surface area (Å²) in [7, 11) is 0. The molecular weight excluding hydrogens is 383 g/mol. The summed E-state index contributed by atoms with van der Waals surface area (Å²) in [5.74, 6) is 0.0608. The Morgan fingerprint density at radius 1 is 1.24 bits per heavy atom. The SMILES string of the molecule is Cc1noc2nc(C3CC3)cc(C(=O)N3CCCc4cc(C(F)(F)F)ccc43)c12. The number of carbonyl (C=O) groups is 1. The molecule has 5 rings (SSSR count). The molecule has 1 fully saturated rings. The molecule has 0 saturated heterocycles. The van der Waals surface area contributed by atoms with Gasteiger partial charge in [0.2, 0.25) is 0 Å². The number of alkyl halides is 3. The smallest absolute Gasteiger partial charge is 0.336 e. The maximum Gasteiger partial charge on any atom is 0.416 e. The second-order valence-corrected chi connectivity index (χ2v) is 7.72. The monoisotopic (exact) mass is 401 g/mol. The topological polar surface area (TPSA) is 59.2 Å². The number of carbonyl (C=O) groups excluding carboxylic acids is 1. The van der Waals surface area contributed by atoms with Crippen LogP contribution in [0.1, 0.15) is 58.1 Å². The molecular formula is C21H18F3N3O2. The summed E-state index contributed by atoms with van der Waals surface area (Å²) in [6.45, 7) is 2.20. The third-order valence-electron chi connectivity index (χ3n) is 5.63. The Kier molecular flexibility index (Phi) is 3.94. The Bertz CT molecular complexity index is 1130. The first-order valence-corrected chi connectivity index (χ1v) is 9.62. The summed E-state index contributed by atoms with van der Waals surface area (Å²) in [5.41, 5.74) is 2.53. The first-order chi connectivity index (χ1) is 13.8. The molecule has 1 aliphatic carbocycles. The van der Waals surface area contributed by atoms with Gasteiger partial charge in [0.25, 0.3) is 11.6 Å². The van der Waals surface area contributed by atoms with E-state index in [-0.39, 0.29) is 5.91 Å². The lowest BCUT2D eigenvalue weighted by atomic mass is 9.97. The number of hydrogen-bond acceptors (Lipinski definition) is 4. The van der Waals surface area contributed by atoms with Gasteiger partial charge in [0.1, 0.15) is 0 Å². The molecule has 5 nitrogen and oxygen atoms in total. The van der Waals surface area contributed by atoms with E-state index in [0.29, 0.717) is 58.9 Å². The first-order valence-electron chi connectivity index (χ1n) is 9.62. The first kappa shape index (κ1) is 18.1. The molecule has 0 radical (unpaired) electrons. The number of aryl methyl sites for hydroxylation is 2. The van der Waals surface area contributed by atoms with E-state index >= 15 is 0 Å². The van der Waals surface area contributed by atoms with Crippen molar-refractivity contribution < 1.29 is 22.5 Å². The Labute approximate surface area is 164 Å². The van der Waals surface area contributed by atoms with Crippen LogP contribution >= 0.6 is 0 Å². The molecule has 3 heterocycles. The number of halogens is 3. The van der Waals surface area contributed by atoms with Crippen LogP contribution in [-0.2, 0) is 12.6 Å². The van der Waals surface area contributed by atoms with Crippen LogP contribution in [0.5, 0.6) is 0 Å². The minimum Gasteiger partial charge on any atom is -0.336 e. The molecule has 0 bridgehead atoms. The number of anilines is 1. The van der Waals surface area contributed by atoms with Crippen LogP contribution in [0.25, 0.3) is 11.1 Å². The van der Waals surface area contributed by atoms with Gasteiger partial charge in [-0.1, -0.05) is 5.16 Å². The molecule has 1 amide bonds. The van der Waals surface area contributed by atoms with Crippen LogP contribution in [-0.4, -0.2) is 22.6 Å². The summed E-state index contributed by atoms with van der Waals surface area (Å²) in [4.78, 5) is 19.6. The molecule has 2 aliphatic rings. The van der Waals surface area contributed by atoms with Gasteiger partial charge in [-0.25, -0.2) is 4.98 Å². The Morgan fingerprint density at radius 3 is 2.76 bits per heavy atom. The normalized spacial score (nSPS) is 16.9. The van der Waals surface area contributed by atoms with Crippen LogP contribution in [0.4, 0.5) is 18.9 Å². The van der Waals surface area contributed by atoms with Gasteiger partial charge < -0.3 is 9.42 Å². The number of hydrogen-bond donors (Lipinski definition) is 0. The number of fused-ring (bicyclic) bond motifs is 2. The Balaban J connectivity index is 1.60. The van der Waals surface area contributed by atoms with Crippen molar-refractivity contribution in [2.24, 2.45) is 0 Å². The summed E-state index contributed by atoms with van der Waals surface area (Å²) in [5, 5.41) is 4.52. The number of amides is 1. The molecule has 1 saturated carbocycles. The highest BCUT2D eigenvalue weighted by Crippen LogP contribution is 2.41. The van der Waals surface area contributed by atoms with Gasteiger partial charge in [-0.15, -0.1) is 0 Å². The zero-order valence-electron chi connectivity index (χ0n) is 15.7. The lowest BCUT2D eigenvalue weighted by molar-refractivity contribution is -0.137. The molecule has 1 aliphatic heterocycles. The average molecular weight is 401 g/mol. The predicted molar refractivity (Wildman–Crippen MR) is 100.0 cm³/mol. The summed E-state index contributed by atoms with van der Waals surface area (Å²) < 4.78 is 44.6. The fraction of sp³-hybridized carbons (Fsp3) is 0.381. The zero-order valence-corrected chi connectivity index (χ0v) is 15.7. The Hall–Kier alpha value is -2.90. The van der Waals surface area contributed by atoms with Crippen LogP contribution in [0.2, 0.25) is 0 Å². The predicted octanol–water partition coefficient (Wildman–Crippen LogP) is 5.02. The highest BCUT2D eigenvalue weighted by molar-refractivity contribution is 6.14. The minimum absolute atomic E-state index is 0.258.